The molecular weight excluding hydrogens is 506 g/mol. The van der Waals surface area contributed by atoms with Crippen molar-refractivity contribution >= 4 is 40.4 Å². The maximum absolute atomic E-state index is 13.7. The van der Waals surface area contributed by atoms with Gasteiger partial charge < -0.3 is 10.0 Å². The molecule has 0 radical (unpaired) electrons. The first kappa shape index (κ1) is 26.8. The van der Waals surface area contributed by atoms with Crippen LogP contribution in [0.2, 0.25) is 5.02 Å². The van der Waals surface area contributed by atoms with E-state index in [1.54, 1.807) is 0 Å². The third-order valence-corrected chi connectivity index (χ3v) is 8.30. The van der Waals surface area contributed by atoms with Gasteiger partial charge in [-0.05, 0) is 69.0 Å². The van der Waals surface area contributed by atoms with E-state index in [1.165, 1.54) is 0 Å². The van der Waals surface area contributed by atoms with Crippen molar-refractivity contribution in [3.05, 3.63) is 111 Å². The Morgan fingerprint density at radius 3 is 2.36 bits per heavy atom. The number of aliphatic hydroxyl groups is 1. The van der Waals surface area contributed by atoms with Crippen molar-refractivity contribution in [3.8, 4) is 0 Å². The Morgan fingerprint density at radius 1 is 1.00 bits per heavy atom. The highest BCUT2D eigenvalue weighted by molar-refractivity contribution is 6.32. The molecule has 6 heteroatoms. The van der Waals surface area contributed by atoms with Crippen LogP contribution in [0.1, 0.15) is 55.7 Å². The van der Waals surface area contributed by atoms with Gasteiger partial charge in [-0.3, -0.25) is 15.1 Å². The molecule has 3 aromatic carbocycles. The molecule has 0 spiro atoms. The summed E-state index contributed by atoms with van der Waals surface area (Å²) >= 11 is 6.52. The second-order valence-corrected chi connectivity index (χ2v) is 10.4. The fourth-order valence-corrected chi connectivity index (χ4v) is 6.02. The standard InChI is InChI=1S/C33H34ClN3O2/c1-4-36(5-2)24-19-17-22(18-20-24)29-30-27(15-10-16-28(30)38)37(26-14-9-13-25(34)21(26)3)33(35)31(29)32(39)23-11-7-6-8-12-23/h6-9,11-14,17-20,29,35,39H,4-5,10,15-16H2,1-3H3/b32-31+,35-33?. The average Bonchev–Trinajstić information content (AvgIpc) is 2.96. The number of aliphatic hydroxyl groups excluding tert-OH is 1. The van der Waals surface area contributed by atoms with Crippen LogP contribution in [0.3, 0.4) is 0 Å². The van der Waals surface area contributed by atoms with Crippen molar-refractivity contribution < 1.29 is 9.90 Å². The van der Waals surface area contributed by atoms with E-state index >= 15 is 0 Å². The zero-order valence-electron chi connectivity index (χ0n) is 22.7. The number of hydrogen-bond acceptors (Lipinski definition) is 4. The number of carbonyl (C=O) groups is 1. The van der Waals surface area contributed by atoms with Crippen LogP contribution in [0.15, 0.2) is 89.6 Å². The zero-order chi connectivity index (χ0) is 27.7. The predicted octanol–water partition coefficient (Wildman–Crippen LogP) is 8.05. The number of nitrogens with one attached hydrogen (secondary N) is 1. The number of benzene rings is 3. The number of Topliss-reactive ketones (excluding diaryl/α,β-unsaturated/α-hetero) is 1. The van der Waals surface area contributed by atoms with Crippen molar-refractivity contribution in [3.63, 3.8) is 0 Å². The molecule has 0 amide bonds. The molecule has 1 heterocycles. The van der Waals surface area contributed by atoms with E-state index in [0.29, 0.717) is 34.6 Å². The molecule has 0 saturated carbocycles. The van der Waals surface area contributed by atoms with Crippen molar-refractivity contribution in [1.29, 1.82) is 5.41 Å². The largest absolute Gasteiger partial charge is 0.507 e. The summed E-state index contributed by atoms with van der Waals surface area (Å²) in [5, 5.41) is 21.9. The van der Waals surface area contributed by atoms with Crippen LogP contribution < -0.4 is 9.80 Å². The fourth-order valence-electron chi connectivity index (χ4n) is 5.85. The summed E-state index contributed by atoms with van der Waals surface area (Å²) in [6, 6.07) is 23.1. The lowest BCUT2D eigenvalue weighted by molar-refractivity contribution is -0.116. The highest BCUT2D eigenvalue weighted by Gasteiger charge is 2.43. The summed E-state index contributed by atoms with van der Waals surface area (Å²) in [6.45, 7) is 7.97. The Labute approximate surface area is 235 Å². The van der Waals surface area contributed by atoms with Crippen LogP contribution in [-0.2, 0) is 4.79 Å². The molecule has 200 valence electrons. The molecule has 0 bridgehead atoms. The third-order valence-electron chi connectivity index (χ3n) is 7.89. The molecule has 39 heavy (non-hydrogen) atoms. The first-order valence-electron chi connectivity index (χ1n) is 13.6. The molecule has 0 fully saturated rings. The Balaban J connectivity index is 1.79. The van der Waals surface area contributed by atoms with Gasteiger partial charge >= 0.3 is 0 Å². The number of carbonyl (C=O) groups excluding carboxylic acids is 1. The Kier molecular flexibility index (Phi) is 7.62. The number of allylic oxidation sites excluding steroid dienone is 2. The smallest absolute Gasteiger partial charge is 0.161 e. The second kappa shape index (κ2) is 11.1. The van der Waals surface area contributed by atoms with Crippen LogP contribution in [0.25, 0.3) is 5.76 Å². The lowest BCUT2D eigenvalue weighted by atomic mass is 9.73. The van der Waals surface area contributed by atoms with Crippen molar-refractivity contribution in [2.24, 2.45) is 0 Å². The minimum absolute atomic E-state index is 0.00743. The molecule has 0 aromatic heterocycles. The topological polar surface area (TPSA) is 67.6 Å². The highest BCUT2D eigenvalue weighted by Crippen LogP contribution is 2.48. The molecule has 3 aromatic rings. The van der Waals surface area contributed by atoms with Gasteiger partial charge in [-0.25, -0.2) is 0 Å². The van der Waals surface area contributed by atoms with Crippen molar-refractivity contribution in [2.45, 2.75) is 46.0 Å². The Morgan fingerprint density at radius 2 is 1.69 bits per heavy atom. The minimum Gasteiger partial charge on any atom is -0.507 e. The molecule has 1 unspecified atom stereocenters. The van der Waals surface area contributed by atoms with Crippen molar-refractivity contribution in [2.75, 3.05) is 22.9 Å². The number of rotatable bonds is 6. The van der Waals surface area contributed by atoms with Gasteiger partial charge in [0.25, 0.3) is 0 Å². The first-order chi connectivity index (χ1) is 18.9. The van der Waals surface area contributed by atoms with E-state index in [2.05, 4.69) is 30.9 Å². The number of halogens is 1. The highest BCUT2D eigenvalue weighted by atomic mass is 35.5. The summed E-state index contributed by atoms with van der Waals surface area (Å²) in [5.41, 5.74) is 6.08. The summed E-state index contributed by atoms with van der Waals surface area (Å²) in [7, 11) is 0. The maximum Gasteiger partial charge on any atom is 0.161 e. The normalized spacial score (nSPS) is 18.8. The summed E-state index contributed by atoms with van der Waals surface area (Å²) in [5.74, 6) is -0.326. The van der Waals surface area contributed by atoms with Gasteiger partial charge in [-0.1, -0.05) is 60.1 Å². The van der Waals surface area contributed by atoms with Gasteiger partial charge in [0.15, 0.2) is 5.78 Å². The molecule has 1 aliphatic carbocycles. The van der Waals surface area contributed by atoms with E-state index in [4.69, 9.17) is 11.6 Å². The van der Waals surface area contributed by atoms with Gasteiger partial charge in [-0.15, -0.1) is 0 Å². The molecule has 5 rings (SSSR count). The number of ketones is 1. The zero-order valence-corrected chi connectivity index (χ0v) is 23.4. The number of nitrogens with zero attached hydrogens (tertiary/aromatic N) is 2. The van der Waals surface area contributed by atoms with Crippen LogP contribution in [0.4, 0.5) is 11.4 Å². The van der Waals surface area contributed by atoms with Gasteiger partial charge in [0.2, 0.25) is 0 Å². The van der Waals surface area contributed by atoms with Gasteiger partial charge in [0.05, 0.1) is 5.69 Å². The van der Waals surface area contributed by atoms with Crippen LogP contribution in [-0.4, -0.2) is 29.8 Å². The average molecular weight is 540 g/mol. The first-order valence-corrected chi connectivity index (χ1v) is 14.0. The number of anilines is 2. The van der Waals surface area contributed by atoms with Gasteiger partial charge in [0.1, 0.15) is 11.6 Å². The van der Waals surface area contributed by atoms with Crippen LogP contribution in [0.5, 0.6) is 0 Å². The van der Waals surface area contributed by atoms with Crippen molar-refractivity contribution in [1.82, 2.24) is 0 Å². The number of hydrogen-bond donors (Lipinski definition) is 2. The summed E-state index contributed by atoms with van der Waals surface area (Å²) in [4.78, 5) is 17.8. The molecule has 2 aliphatic rings. The van der Waals surface area contributed by atoms with E-state index in [9.17, 15) is 15.3 Å². The molecule has 0 saturated heterocycles. The lowest BCUT2D eigenvalue weighted by Gasteiger charge is -2.42. The van der Waals surface area contributed by atoms with E-state index in [0.717, 1.165) is 47.7 Å². The van der Waals surface area contributed by atoms with E-state index in [1.807, 2.05) is 72.5 Å². The van der Waals surface area contributed by atoms with Crippen LogP contribution in [0, 0.1) is 12.3 Å². The number of amidine groups is 1. The van der Waals surface area contributed by atoms with Crippen LogP contribution >= 0.6 is 11.6 Å². The Bertz CT molecular complexity index is 1470. The molecular formula is C33H34ClN3O2. The third kappa shape index (κ3) is 4.76. The molecule has 2 N–H and O–H groups in total. The monoisotopic (exact) mass is 539 g/mol. The van der Waals surface area contributed by atoms with Gasteiger partial charge in [-0.2, -0.15) is 0 Å². The van der Waals surface area contributed by atoms with E-state index < -0.39 is 5.92 Å². The fraction of sp³-hybridized carbons (Fsp3) is 0.273. The second-order valence-electron chi connectivity index (χ2n) is 10.0. The molecule has 1 aliphatic heterocycles. The molecule has 5 nitrogen and oxygen atoms in total. The lowest BCUT2D eigenvalue weighted by Crippen LogP contribution is -2.42. The minimum atomic E-state index is -0.554. The molecule has 1 atom stereocenters. The quantitative estimate of drug-likeness (QED) is 0.311. The summed E-state index contributed by atoms with van der Waals surface area (Å²) < 4.78 is 0. The van der Waals surface area contributed by atoms with E-state index in [-0.39, 0.29) is 17.4 Å². The Hall–Kier alpha value is -3.83. The maximum atomic E-state index is 13.7. The SMILES string of the molecule is CCN(CC)c1ccc(C2C3=C(CCCC3=O)N(c3cccc(Cl)c3C)C(=N)/C2=C(/O)c2ccccc2)cc1. The predicted molar refractivity (Wildman–Crippen MR) is 161 cm³/mol. The van der Waals surface area contributed by atoms with Gasteiger partial charge in [0, 0.05) is 58.5 Å². The summed E-state index contributed by atoms with van der Waals surface area (Å²) in [6.07, 6.45) is 1.84.